The molecule has 0 saturated carbocycles. The molecule has 0 atom stereocenters. The molecule has 0 aromatic heterocycles. The van der Waals surface area contributed by atoms with Crippen LogP contribution in [0, 0.1) is 0 Å². The molecule has 0 fully saturated rings. The number of hydrogen-bond acceptors (Lipinski definition) is 5. The molecule has 2 aromatic rings. The van der Waals surface area contributed by atoms with E-state index < -0.39 is 5.97 Å². The molecule has 3 rings (SSSR count). The van der Waals surface area contributed by atoms with Crippen molar-refractivity contribution in [1.82, 2.24) is 0 Å². The van der Waals surface area contributed by atoms with E-state index in [1.165, 1.54) is 7.11 Å². The molecule has 0 spiro atoms. The first kappa shape index (κ1) is 18.5. The van der Waals surface area contributed by atoms with Crippen molar-refractivity contribution in [2.75, 3.05) is 25.6 Å². The summed E-state index contributed by atoms with van der Waals surface area (Å²) in [5.41, 5.74) is 2.92. The Morgan fingerprint density at radius 2 is 1.85 bits per heavy atom. The molecular weight excluding hydrogens is 346 g/mol. The lowest BCUT2D eigenvalue weighted by Gasteiger charge is -2.11. The third kappa shape index (κ3) is 3.79. The second-order valence-corrected chi connectivity index (χ2v) is 5.83. The van der Waals surface area contributed by atoms with Crippen molar-refractivity contribution in [3.8, 4) is 11.5 Å². The average molecular weight is 367 g/mol. The predicted octanol–water partition coefficient (Wildman–Crippen LogP) is 3.76. The highest BCUT2D eigenvalue weighted by Crippen LogP contribution is 2.36. The lowest BCUT2D eigenvalue weighted by atomic mass is 10.0. The quantitative estimate of drug-likeness (QED) is 0.622. The van der Waals surface area contributed by atoms with Crippen molar-refractivity contribution in [2.24, 2.45) is 0 Å². The number of hydrogen-bond donors (Lipinski definition) is 1. The molecule has 140 valence electrons. The van der Waals surface area contributed by atoms with Crippen LogP contribution in [0.1, 0.15) is 35.3 Å². The minimum Gasteiger partial charge on any atom is -0.494 e. The third-order valence-corrected chi connectivity index (χ3v) is 4.12. The van der Waals surface area contributed by atoms with Gasteiger partial charge in [-0.15, -0.1) is 0 Å². The molecule has 0 radical (unpaired) electrons. The largest absolute Gasteiger partial charge is 0.494 e. The van der Waals surface area contributed by atoms with Crippen molar-refractivity contribution in [1.29, 1.82) is 0 Å². The summed E-state index contributed by atoms with van der Waals surface area (Å²) in [6, 6.07) is 10.5. The van der Waals surface area contributed by atoms with Gasteiger partial charge in [0.2, 0.25) is 0 Å². The predicted molar refractivity (Wildman–Crippen MR) is 103 cm³/mol. The number of fused-ring (bicyclic) bond motifs is 1. The number of carbonyl (C=O) groups excluding carboxylic acids is 2. The summed E-state index contributed by atoms with van der Waals surface area (Å²) in [7, 11) is 1.32. The Morgan fingerprint density at radius 3 is 2.56 bits per heavy atom. The molecule has 1 heterocycles. The summed E-state index contributed by atoms with van der Waals surface area (Å²) in [6.45, 7) is 4.87. The van der Waals surface area contributed by atoms with Gasteiger partial charge in [-0.25, -0.2) is 4.79 Å². The summed E-state index contributed by atoms with van der Waals surface area (Å²) in [4.78, 5) is 24.2. The Bertz CT molecular complexity index is 917. The van der Waals surface area contributed by atoms with Crippen molar-refractivity contribution < 1.29 is 23.8 Å². The maximum atomic E-state index is 12.5. The zero-order valence-electron chi connectivity index (χ0n) is 15.5. The van der Waals surface area contributed by atoms with Crippen LogP contribution in [0.4, 0.5) is 5.69 Å². The summed E-state index contributed by atoms with van der Waals surface area (Å²) < 4.78 is 16.0. The molecule has 27 heavy (non-hydrogen) atoms. The highest BCUT2D eigenvalue weighted by molar-refractivity contribution is 6.35. The summed E-state index contributed by atoms with van der Waals surface area (Å²) in [5, 5.41) is 2.79. The second kappa shape index (κ2) is 7.95. The Balaban J connectivity index is 2.04. The number of nitrogens with one attached hydrogen (secondary N) is 1. The minimum absolute atomic E-state index is 0.240. The normalized spacial score (nSPS) is 13.9. The molecule has 2 aromatic carbocycles. The van der Waals surface area contributed by atoms with E-state index in [2.05, 4.69) is 5.32 Å². The molecule has 1 aliphatic rings. The third-order valence-electron chi connectivity index (χ3n) is 4.12. The van der Waals surface area contributed by atoms with E-state index in [1.807, 2.05) is 32.0 Å². The van der Waals surface area contributed by atoms with Crippen LogP contribution in [0.15, 0.2) is 36.4 Å². The lowest BCUT2D eigenvalue weighted by Crippen LogP contribution is -2.05. The molecule has 1 N–H and O–H groups in total. The summed E-state index contributed by atoms with van der Waals surface area (Å²) >= 11 is 0. The fourth-order valence-electron chi connectivity index (χ4n) is 2.92. The van der Waals surface area contributed by atoms with Gasteiger partial charge in [0.1, 0.15) is 11.5 Å². The van der Waals surface area contributed by atoms with E-state index in [0.29, 0.717) is 41.5 Å². The molecule has 1 aliphatic heterocycles. The fraction of sp³-hybridized carbons (Fsp3) is 0.238. The highest BCUT2D eigenvalue weighted by Gasteiger charge is 2.25. The number of methoxy groups -OCH3 is 1. The fourth-order valence-corrected chi connectivity index (χ4v) is 2.92. The Labute approximate surface area is 157 Å². The maximum Gasteiger partial charge on any atom is 0.337 e. The first-order valence-corrected chi connectivity index (χ1v) is 8.72. The van der Waals surface area contributed by atoms with Gasteiger partial charge in [-0.1, -0.05) is 6.07 Å². The standard InChI is InChI=1S/C21H21NO5/c1-4-26-15-7-9-19(27-5-2)14(10-15)11-17-16-8-6-13(21(24)25-3)12-18(16)22-20(17)23/h6-12H,4-5H2,1-3H3,(H,22,23). The van der Waals surface area contributed by atoms with Crippen molar-refractivity contribution in [3.63, 3.8) is 0 Å². The van der Waals surface area contributed by atoms with Gasteiger partial charge in [0.15, 0.2) is 0 Å². The van der Waals surface area contributed by atoms with Crippen LogP contribution in [-0.2, 0) is 9.53 Å². The molecule has 1 amide bonds. The van der Waals surface area contributed by atoms with Crippen LogP contribution < -0.4 is 14.8 Å². The Morgan fingerprint density at radius 1 is 1.07 bits per heavy atom. The zero-order chi connectivity index (χ0) is 19.4. The van der Waals surface area contributed by atoms with Crippen LogP contribution >= 0.6 is 0 Å². The minimum atomic E-state index is -0.451. The van der Waals surface area contributed by atoms with Crippen molar-refractivity contribution >= 4 is 29.2 Å². The van der Waals surface area contributed by atoms with Gasteiger partial charge in [0.05, 0.1) is 25.9 Å². The lowest BCUT2D eigenvalue weighted by molar-refractivity contribution is -0.110. The van der Waals surface area contributed by atoms with E-state index in [4.69, 9.17) is 14.2 Å². The second-order valence-electron chi connectivity index (χ2n) is 5.83. The van der Waals surface area contributed by atoms with Crippen LogP contribution in [0.2, 0.25) is 0 Å². The number of esters is 1. The number of ether oxygens (including phenoxy) is 3. The summed E-state index contributed by atoms with van der Waals surface area (Å²) in [6.07, 6.45) is 1.77. The van der Waals surface area contributed by atoms with Crippen molar-refractivity contribution in [3.05, 3.63) is 53.1 Å². The van der Waals surface area contributed by atoms with Gasteiger partial charge in [-0.05, 0) is 50.3 Å². The molecule has 6 nitrogen and oxygen atoms in total. The van der Waals surface area contributed by atoms with E-state index in [1.54, 1.807) is 24.3 Å². The van der Waals surface area contributed by atoms with E-state index >= 15 is 0 Å². The van der Waals surface area contributed by atoms with Crippen molar-refractivity contribution in [2.45, 2.75) is 13.8 Å². The van der Waals surface area contributed by atoms with E-state index in [9.17, 15) is 9.59 Å². The van der Waals surface area contributed by atoms with Gasteiger partial charge in [-0.2, -0.15) is 0 Å². The Hall–Kier alpha value is -3.28. The molecule has 0 aliphatic carbocycles. The topological polar surface area (TPSA) is 73.9 Å². The number of rotatable bonds is 6. The highest BCUT2D eigenvalue weighted by atomic mass is 16.5. The van der Waals surface area contributed by atoms with Crippen LogP contribution in [0.25, 0.3) is 11.6 Å². The molecule has 0 saturated heterocycles. The van der Waals surface area contributed by atoms with E-state index in [-0.39, 0.29) is 5.91 Å². The molecule has 6 heteroatoms. The van der Waals surface area contributed by atoms with E-state index in [0.717, 1.165) is 11.1 Å². The average Bonchev–Trinajstić information content (AvgIpc) is 2.98. The first-order chi connectivity index (χ1) is 13.1. The number of amides is 1. The molecular formula is C21H21NO5. The van der Waals surface area contributed by atoms with Gasteiger partial charge in [0.25, 0.3) is 5.91 Å². The zero-order valence-corrected chi connectivity index (χ0v) is 15.5. The van der Waals surface area contributed by atoms with Gasteiger partial charge >= 0.3 is 5.97 Å². The first-order valence-electron chi connectivity index (χ1n) is 8.72. The van der Waals surface area contributed by atoms with Gasteiger partial charge in [0, 0.05) is 22.4 Å². The van der Waals surface area contributed by atoms with Gasteiger partial charge < -0.3 is 19.5 Å². The van der Waals surface area contributed by atoms with Gasteiger partial charge in [-0.3, -0.25) is 4.79 Å². The number of carbonyl (C=O) groups is 2. The molecule has 0 unspecified atom stereocenters. The Kier molecular flexibility index (Phi) is 5.45. The van der Waals surface area contributed by atoms with Crippen LogP contribution in [0.3, 0.4) is 0 Å². The number of anilines is 1. The van der Waals surface area contributed by atoms with Crippen LogP contribution in [0.5, 0.6) is 11.5 Å². The smallest absolute Gasteiger partial charge is 0.337 e. The van der Waals surface area contributed by atoms with Crippen LogP contribution in [-0.4, -0.2) is 32.2 Å². The maximum absolute atomic E-state index is 12.5. The SMILES string of the molecule is CCOc1ccc(OCC)c(C=C2C(=O)Nc3cc(C(=O)OC)ccc32)c1. The monoisotopic (exact) mass is 367 g/mol. The molecule has 0 bridgehead atoms. The summed E-state index contributed by atoms with van der Waals surface area (Å²) in [5.74, 6) is 0.678. The number of benzene rings is 2.